The highest BCUT2D eigenvalue weighted by Gasteiger charge is 2.37. The molecule has 0 N–H and O–H groups in total. The average molecular weight is 561 g/mol. The zero-order valence-electron chi connectivity index (χ0n) is 20.7. The highest BCUT2D eigenvalue weighted by atomic mass is 35.5. The van der Waals surface area contributed by atoms with E-state index >= 15 is 0 Å². The van der Waals surface area contributed by atoms with Crippen LogP contribution >= 0.6 is 11.6 Å². The summed E-state index contributed by atoms with van der Waals surface area (Å²) in [5.74, 6) is -0.796. The molecule has 0 radical (unpaired) electrons. The van der Waals surface area contributed by atoms with Crippen LogP contribution in [0.25, 0.3) is 11.1 Å². The van der Waals surface area contributed by atoms with E-state index in [9.17, 15) is 31.1 Å². The van der Waals surface area contributed by atoms with E-state index in [1.165, 1.54) is 13.2 Å². The number of ether oxygens (including phenoxy) is 1. The zero-order valence-corrected chi connectivity index (χ0v) is 21.4. The minimum Gasteiger partial charge on any atom is -0.444 e. The average Bonchev–Trinajstić information content (AvgIpc) is 2.82. The van der Waals surface area contributed by atoms with Crippen LogP contribution in [0.5, 0.6) is 6.01 Å². The molecular weight excluding hydrogens is 538 g/mol. The van der Waals surface area contributed by atoms with E-state index in [1.807, 2.05) is 0 Å². The lowest BCUT2D eigenvalue weighted by Crippen LogP contribution is -2.32. The monoisotopic (exact) mass is 560 g/mol. The number of carbonyl (C=O) groups excluding carboxylic acids is 1. The Hall–Kier alpha value is -3.38. The van der Waals surface area contributed by atoms with Gasteiger partial charge in [-0.3, -0.25) is 9.69 Å². The van der Waals surface area contributed by atoms with Crippen LogP contribution < -0.4 is 4.74 Å². The van der Waals surface area contributed by atoms with Crippen LogP contribution in [0.1, 0.15) is 34.1 Å². The molecule has 0 spiro atoms. The van der Waals surface area contributed by atoms with Crippen LogP contribution in [0.4, 0.5) is 26.3 Å². The number of nitrogens with zero attached hydrogens (tertiary/aromatic N) is 4. The lowest BCUT2D eigenvalue weighted by Gasteiger charge is -2.22. The van der Waals surface area contributed by atoms with E-state index in [0.717, 1.165) is 4.90 Å². The Morgan fingerprint density at radius 2 is 1.55 bits per heavy atom. The molecule has 0 saturated carbocycles. The molecule has 1 amide bonds. The molecule has 38 heavy (non-hydrogen) atoms. The van der Waals surface area contributed by atoms with Gasteiger partial charge in [-0.05, 0) is 50.8 Å². The molecule has 0 aliphatic heterocycles. The SMILES string of the molecule is CC(Oc1ncc(-c2ccccc2Cl)c(C(=O)N(C)Cc2cc(C(F)(F)F)cc(C(F)(F)F)c2)n1)N(C)C. The van der Waals surface area contributed by atoms with Gasteiger partial charge in [0, 0.05) is 35.9 Å². The second kappa shape index (κ2) is 11.2. The fraction of sp³-hybridized carbons (Fsp3) is 0.320. The smallest absolute Gasteiger partial charge is 0.416 e. The molecule has 0 bridgehead atoms. The first-order valence-electron chi connectivity index (χ1n) is 11.1. The first kappa shape index (κ1) is 29.2. The normalized spacial score (nSPS) is 12.9. The number of hydrogen-bond donors (Lipinski definition) is 0. The number of benzene rings is 2. The zero-order chi connectivity index (χ0) is 28.4. The lowest BCUT2D eigenvalue weighted by atomic mass is 10.0. The van der Waals surface area contributed by atoms with Crippen molar-refractivity contribution in [2.24, 2.45) is 0 Å². The molecule has 2 aromatic carbocycles. The molecule has 1 aromatic heterocycles. The van der Waals surface area contributed by atoms with Gasteiger partial charge in [-0.15, -0.1) is 0 Å². The van der Waals surface area contributed by atoms with Crippen molar-refractivity contribution < 1.29 is 35.9 Å². The van der Waals surface area contributed by atoms with Gasteiger partial charge >= 0.3 is 18.4 Å². The van der Waals surface area contributed by atoms with E-state index in [1.54, 1.807) is 50.2 Å². The third kappa shape index (κ3) is 6.93. The number of rotatable bonds is 7. The van der Waals surface area contributed by atoms with Crippen molar-refractivity contribution in [1.82, 2.24) is 19.8 Å². The molecule has 3 aromatic rings. The van der Waals surface area contributed by atoms with Crippen molar-refractivity contribution in [3.05, 3.63) is 76.1 Å². The fourth-order valence-corrected chi connectivity index (χ4v) is 3.59. The molecule has 0 fully saturated rings. The Kier molecular flexibility index (Phi) is 8.57. The van der Waals surface area contributed by atoms with E-state index in [-0.39, 0.29) is 33.9 Å². The molecule has 1 unspecified atom stereocenters. The van der Waals surface area contributed by atoms with Gasteiger partial charge in [-0.2, -0.15) is 31.3 Å². The molecule has 3 rings (SSSR count). The molecule has 0 aliphatic carbocycles. The third-order valence-electron chi connectivity index (χ3n) is 5.55. The van der Waals surface area contributed by atoms with Crippen molar-refractivity contribution in [3.8, 4) is 17.1 Å². The molecule has 13 heteroatoms. The summed E-state index contributed by atoms with van der Waals surface area (Å²) in [4.78, 5) is 24.5. The van der Waals surface area contributed by atoms with Crippen molar-refractivity contribution in [1.29, 1.82) is 0 Å². The van der Waals surface area contributed by atoms with E-state index in [2.05, 4.69) is 9.97 Å². The number of alkyl halides is 6. The van der Waals surface area contributed by atoms with Gasteiger partial charge in [0.2, 0.25) is 0 Å². The highest BCUT2D eigenvalue weighted by molar-refractivity contribution is 6.33. The summed E-state index contributed by atoms with van der Waals surface area (Å²) in [6.45, 7) is 1.15. The minimum atomic E-state index is -5.02. The fourth-order valence-electron chi connectivity index (χ4n) is 3.36. The Morgan fingerprint density at radius 3 is 2.08 bits per heavy atom. The van der Waals surface area contributed by atoms with Crippen LogP contribution in [-0.4, -0.2) is 53.0 Å². The van der Waals surface area contributed by atoms with E-state index in [0.29, 0.717) is 17.7 Å². The standard InChI is InChI=1S/C25H23ClF6N4O2/c1-14(35(2)3)38-23-33-12-19(18-7-5-6-8-20(18)26)21(34-23)22(37)36(4)13-15-9-16(24(27,28)29)11-17(10-15)25(30,31)32/h5-12,14H,13H2,1-4H3. The first-order chi connectivity index (χ1) is 17.6. The number of halogens is 7. The predicted molar refractivity (Wildman–Crippen MR) is 128 cm³/mol. The Bertz CT molecular complexity index is 1280. The van der Waals surface area contributed by atoms with Gasteiger partial charge in [0.1, 0.15) is 5.69 Å². The van der Waals surface area contributed by atoms with Gasteiger partial charge in [0.15, 0.2) is 6.23 Å². The van der Waals surface area contributed by atoms with Gasteiger partial charge in [-0.25, -0.2) is 4.98 Å². The third-order valence-corrected chi connectivity index (χ3v) is 5.88. The van der Waals surface area contributed by atoms with Crippen LogP contribution in [0, 0.1) is 0 Å². The molecule has 0 saturated heterocycles. The maximum Gasteiger partial charge on any atom is 0.416 e. The molecular formula is C25H23ClF6N4O2. The topological polar surface area (TPSA) is 58.6 Å². The second-order valence-electron chi connectivity index (χ2n) is 8.65. The molecule has 6 nitrogen and oxygen atoms in total. The Morgan fingerprint density at radius 1 is 0.974 bits per heavy atom. The summed E-state index contributed by atoms with van der Waals surface area (Å²) >= 11 is 6.30. The summed E-state index contributed by atoms with van der Waals surface area (Å²) in [6, 6.07) is 7.54. The lowest BCUT2D eigenvalue weighted by molar-refractivity contribution is -0.143. The Labute approximate surface area is 219 Å². The maximum absolute atomic E-state index is 13.5. The van der Waals surface area contributed by atoms with Gasteiger partial charge in [0.05, 0.1) is 11.1 Å². The van der Waals surface area contributed by atoms with Crippen LogP contribution in [0.2, 0.25) is 5.02 Å². The Balaban J connectivity index is 2.04. The van der Waals surface area contributed by atoms with Crippen molar-refractivity contribution in [2.75, 3.05) is 21.1 Å². The van der Waals surface area contributed by atoms with Gasteiger partial charge in [-0.1, -0.05) is 29.8 Å². The minimum absolute atomic E-state index is 0.0286. The quantitative estimate of drug-likeness (QED) is 0.247. The number of amides is 1. The van der Waals surface area contributed by atoms with Crippen molar-refractivity contribution in [2.45, 2.75) is 32.0 Å². The summed E-state index contributed by atoms with van der Waals surface area (Å²) in [7, 11) is 4.72. The van der Waals surface area contributed by atoms with Crippen LogP contribution in [0.15, 0.2) is 48.7 Å². The largest absolute Gasteiger partial charge is 0.444 e. The molecule has 1 atom stereocenters. The molecule has 0 aliphatic rings. The van der Waals surface area contributed by atoms with Crippen molar-refractivity contribution >= 4 is 17.5 Å². The summed E-state index contributed by atoms with van der Waals surface area (Å²) in [5, 5.41) is 0.274. The second-order valence-corrected chi connectivity index (χ2v) is 9.06. The van der Waals surface area contributed by atoms with Crippen LogP contribution in [-0.2, 0) is 18.9 Å². The van der Waals surface area contributed by atoms with Gasteiger partial charge in [0.25, 0.3) is 5.91 Å². The summed E-state index contributed by atoms with van der Waals surface area (Å²) in [6.07, 6.45) is -9.19. The number of carbonyl (C=O) groups is 1. The van der Waals surface area contributed by atoms with Gasteiger partial charge < -0.3 is 9.64 Å². The van der Waals surface area contributed by atoms with Crippen LogP contribution in [0.3, 0.4) is 0 Å². The number of aromatic nitrogens is 2. The maximum atomic E-state index is 13.5. The molecule has 1 heterocycles. The van der Waals surface area contributed by atoms with E-state index in [4.69, 9.17) is 16.3 Å². The summed E-state index contributed by atoms with van der Waals surface area (Å²) in [5.41, 5.74) is -2.91. The van der Waals surface area contributed by atoms with Crippen molar-refractivity contribution in [3.63, 3.8) is 0 Å². The first-order valence-corrected chi connectivity index (χ1v) is 11.4. The molecule has 204 valence electrons. The van der Waals surface area contributed by atoms with E-state index < -0.39 is 42.2 Å². The predicted octanol–water partition coefficient (Wildman–Crippen LogP) is 6.39. The highest BCUT2D eigenvalue weighted by Crippen LogP contribution is 2.37. The number of hydrogen-bond acceptors (Lipinski definition) is 5. The summed E-state index contributed by atoms with van der Waals surface area (Å²) < 4.78 is 85.4.